The molecule has 0 spiro atoms. The van der Waals surface area contributed by atoms with E-state index in [1.807, 2.05) is 6.08 Å². The molecular weight excluding hydrogens is 510 g/mol. The molecule has 0 aromatic heterocycles. The average Bonchev–Trinajstić information content (AvgIpc) is 2.98. The average molecular weight is 582 g/mol. The summed E-state index contributed by atoms with van der Waals surface area (Å²) >= 11 is 0. The molecule has 3 unspecified atom stereocenters. The Labute approximate surface area is 255 Å². The first-order chi connectivity index (χ1) is 20.1. The van der Waals surface area contributed by atoms with Crippen LogP contribution in [0.4, 0.5) is 0 Å². The van der Waals surface area contributed by atoms with E-state index < -0.39 is 24.2 Å². The van der Waals surface area contributed by atoms with Gasteiger partial charge in [-0.1, -0.05) is 167 Å². The number of carbonyl (C=O) groups excluding carboxylic acids is 1. The van der Waals surface area contributed by atoms with E-state index in [-0.39, 0.29) is 6.61 Å². The van der Waals surface area contributed by atoms with E-state index >= 15 is 0 Å². The van der Waals surface area contributed by atoms with Crippen LogP contribution in [-0.4, -0.2) is 46.1 Å². The molecule has 244 valence electrons. The second-order valence-electron chi connectivity index (χ2n) is 12.4. The fourth-order valence-corrected chi connectivity index (χ4v) is 5.49. The van der Waals surface area contributed by atoms with Gasteiger partial charge in [0.05, 0.1) is 18.8 Å². The van der Waals surface area contributed by atoms with Gasteiger partial charge in [-0.05, 0) is 32.1 Å². The van der Waals surface area contributed by atoms with Crippen LogP contribution >= 0.6 is 0 Å². The van der Waals surface area contributed by atoms with Crippen molar-refractivity contribution in [2.45, 2.75) is 205 Å². The molecule has 0 saturated carbocycles. The molecule has 4 N–H and O–H groups in total. The third-order valence-corrected chi connectivity index (χ3v) is 8.39. The van der Waals surface area contributed by atoms with Crippen molar-refractivity contribution in [3.05, 3.63) is 12.2 Å². The summed E-state index contributed by atoms with van der Waals surface area (Å²) in [7, 11) is 0. The maximum Gasteiger partial charge on any atom is 0.249 e. The summed E-state index contributed by atoms with van der Waals surface area (Å²) < 4.78 is 0. The molecule has 0 heterocycles. The Morgan fingerprint density at radius 3 is 1.39 bits per heavy atom. The highest BCUT2D eigenvalue weighted by Gasteiger charge is 2.23. The third kappa shape index (κ3) is 27.7. The van der Waals surface area contributed by atoms with Gasteiger partial charge in [0.15, 0.2) is 0 Å². The largest absolute Gasteiger partial charge is 0.394 e. The van der Waals surface area contributed by atoms with Gasteiger partial charge < -0.3 is 20.6 Å². The zero-order valence-electron chi connectivity index (χ0n) is 27.4. The molecule has 5 heteroatoms. The van der Waals surface area contributed by atoms with Crippen LogP contribution in [0.15, 0.2) is 12.2 Å². The summed E-state index contributed by atoms with van der Waals surface area (Å²) in [6, 6.07) is -0.721. The standard InChI is InChI=1S/C36H71NO4/c1-3-5-7-9-11-13-14-15-16-17-18-19-20-21-22-23-25-26-28-30-34(39)33(32-38)37-36(41)35(40)31-29-27-24-12-10-8-6-4-2/h24,27,33-35,38-40H,3-23,25-26,28-32H2,1-2H3,(H,37,41)/b27-24-. The minimum absolute atomic E-state index is 0.323. The number of allylic oxidation sites excluding steroid dienone is 2. The van der Waals surface area contributed by atoms with E-state index in [1.165, 1.54) is 135 Å². The molecule has 0 fully saturated rings. The van der Waals surface area contributed by atoms with E-state index in [0.29, 0.717) is 19.3 Å². The molecule has 41 heavy (non-hydrogen) atoms. The summed E-state index contributed by atoms with van der Waals surface area (Å²) in [4.78, 5) is 12.3. The normalized spacial score (nSPS) is 14.0. The predicted molar refractivity (Wildman–Crippen MR) is 176 cm³/mol. The van der Waals surface area contributed by atoms with Crippen molar-refractivity contribution in [1.29, 1.82) is 0 Å². The Hall–Kier alpha value is -0.910. The van der Waals surface area contributed by atoms with Crippen LogP contribution in [0.3, 0.4) is 0 Å². The Morgan fingerprint density at radius 1 is 0.561 bits per heavy atom. The highest BCUT2D eigenvalue weighted by molar-refractivity contribution is 5.80. The summed E-state index contributed by atoms with van der Waals surface area (Å²) in [5.74, 6) is -0.507. The van der Waals surface area contributed by atoms with Gasteiger partial charge in [0.2, 0.25) is 5.91 Å². The van der Waals surface area contributed by atoms with Crippen LogP contribution in [0.5, 0.6) is 0 Å². The topological polar surface area (TPSA) is 89.8 Å². The van der Waals surface area contributed by atoms with Crippen LogP contribution in [-0.2, 0) is 4.79 Å². The molecule has 0 bridgehead atoms. The van der Waals surface area contributed by atoms with Crippen LogP contribution in [0.2, 0.25) is 0 Å². The van der Waals surface area contributed by atoms with Gasteiger partial charge >= 0.3 is 0 Å². The Kier molecular flexibility index (Phi) is 31.3. The first-order valence-electron chi connectivity index (χ1n) is 18.0. The molecular formula is C36H71NO4. The molecule has 1 amide bonds. The number of hydrogen-bond donors (Lipinski definition) is 4. The number of carbonyl (C=O) groups is 1. The van der Waals surface area contributed by atoms with E-state index in [4.69, 9.17) is 0 Å². The maximum atomic E-state index is 12.3. The predicted octanol–water partition coefficient (Wildman–Crippen LogP) is 9.31. The van der Waals surface area contributed by atoms with Crippen LogP contribution in [0.1, 0.15) is 187 Å². The van der Waals surface area contributed by atoms with Gasteiger partial charge in [0, 0.05) is 0 Å². The van der Waals surface area contributed by atoms with Gasteiger partial charge in [0.1, 0.15) is 6.10 Å². The molecule has 0 rings (SSSR count). The van der Waals surface area contributed by atoms with E-state index in [1.54, 1.807) is 0 Å². The van der Waals surface area contributed by atoms with Gasteiger partial charge in [0.25, 0.3) is 0 Å². The van der Waals surface area contributed by atoms with Crippen molar-refractivity contribution in [1.82, 2.24) is 5.32 Å². The molecule has 0 aliphatic carbocycles. The number of hydrogen-bond acceptors (Lipinski definition) is 4. The maximum absolute atomic E-state index is 12.3. The number of aliphatic hydroxyl groups excluding tert-OH is 3. The summed E-state index contributed by atoms with van der Waals surface area (Å²) in [6.45, 7) is 4.16. The number of aliphatic hydroxyl groups is 3. The number of rotatable bonds is 32. The van der Waals surface area contributed by atoms with Crippen molar-refractivity contribution >= 4 is 5.91 Å². The molecule has 0 aliphatic rings. The van der Waals surface area contributed by atoms with Crippen LogP contribution in [0.25, 0.3) is 0 Å². The Bertz CT molecular complexity index is 568. The van der Waals surface area contributed by atoms with Crippen LogP contribution < -0.4 is 5.32 Å². The lowest BCUT2D eigenvalue weighted by Crippen LogP contribution is -2.49. The minimum atomic E-state index is -1.11. The Morgan fingerprint density at radius 2 is 0.951 bits per heavy atom. The number of amides is 1. The fraction of sp³-hybridized carbons (Fsp3) is 0.917. The van der Waals surface area contributed by atoms with E-state index in [0.717, 1.165) is 19.3 Å². The smallest absolute Gasteiger partial charge is 0.249 e. The zero-order valence-corrected chi connectivity index (χ0v) is 27.4. The van der Waals surface area contributed by atoms with Gasteiger partial charge in [-0.2, -0.15) is 0 Å². The van der Waals surface area contributed by atoms with Crippen molar-refractivity contribution in [2.24, 2.45) is 0 Å². The summed E-state index contributed by atoms with van der Waals surface area (Å²) in [5, 5.41) is 32.9. The van der Waals surface area contributed by atoms with Crippen molar-refractivity contribution in [3.8, 4) is 0 Å². The summed E-state index contributed by atoms with van der Waals surface area (Å²) in [5.41, 5.74) is 0. The molecule has 0 aromatic rings. The quantitative estimate of drug-likeness (QED) is 0.0471. The Balaban J connectivity index is 3.63. The van der Waals surface area contributed by atoms with Gasteiger partial charge in [-0.25, -0.2) is 0 Å². The van der Waals surface area contributed by atoms with Crippen LogP contribution in [0, 0.1) is 0 Å². The van der Waals surface area contributed by atoms with E-state index in [2.05, 4.69) is 25.2 Å². The van der Waals surface area contributed by atoms with Crippen molar-refractivity contribution < 1.29 is 20.1 Å². The lowest BCUT2D eigenvalue weighted by molar-refractivity contribution is -0.131. The first-order valence-corrected chi connectivity index (χ1v) is 18.0. The highest BCUT2D eigenvalue weighted by atomic mass is 16.3. The van der Waals surface area contributed by atoms with Crippen molar-refractivity contribution in [3.63, 3.8) is 0 Å². The van der Waals surface area contributed by atoms with E-state index in [9.17, 15) is 20.1 Å². The number of nitrogens with one attached hydrogen (secondary N) is 1. The molecule has 0 saturated heterocycles. The summed E-state index contributed by atoms with van der Waals surface area (Å²) in [6.07, 6.45) is 35.0. The first kappa shape index (κ1) is 40.1. The number of unbranched alkanes of at least 4 members (excludes halogenated alkanes) is 22. The molecule has 5 nitrogen and oxygen atoms in total. The lowest BCUT2D eigenvalue weighted by atomic mass is 10.0. The molecule has 0 radical (unpaired) electrons. The fourth-order valence-electron chi connectivity index (χ4n) is 5.49. The second kappa shape index (κ2) is 32.0. The molecule has 3 atom stereocenters. The van der Waals surface area contributed by atoms with Crippen molar-refractivity contribution in [2.75, 3.05) is 6.61 Å². The monoisotopic (exact) mass is 582 g/mol. The third-order valence-electron chi connectivity index (χ3n) is 8.39. The lowest BCUT2D eigenvalue weighted by Gasteiger charge is -2.23. The second-order valence-corrected chi connectivity index (χ2v) is 12.4. The highest BCUT2D eigenvalue weighted by Crippen LogP contribution is 2.15. The minimum Gasteiger partial charge on any atom is -0.394 e. The van der Waals surface area contributed by atoms with Gasteiger partial charge in [-0.15, -0.1) is 0 Å². The SMILES string of the molecule is CCCCCC/C=C\CCC(O)C(=O)NC(CO)C(O)CCCCCCCCCCCCCCCCCCCCC. The molecule has 0 aromatic carbocycles. The molecule has 0 aliphatic heterocycles. The van der Waals surface area contributed by atoms with Gasteiger partial charge in [-0.3, -0.25) is 4.79 Å². The zero-order chi connectivity index (χ0) is 30.2.